The fourth-order valence-corrected chi connectivity index (χ4v) is 4.93. The Labute approximate surface area is 243 Å². The zero-order valence-corrected chi connectivity index (χ0v) is 23.1. The summed E-state index contributed by atoms with van der Waals surface area (Å²) in [6.45, 7) is 2.87. The fourth-order valence-electron chi connectivity index (χ4n) is 4.93. The first-order chi connectivity index (χ1) is 20.3. The number of phenolic OH excluding ortho intramolecular Hbond substituents is 2. The van der Waals surface area contributed by atoms with E-state index in [-0.39, 0.29) is 34.2 Å². The number of ether oxygens (including phenoxy) is 5. The maximum Gasteiger partial charge on any atom is 0.239 e. The smallest absolute Gasteiger partial charge is 0.239 e. The minimum absolute atomic E-state index is 0.100. The van der Waals surface area contributed by atoms with Crippen molar-refractivity contribution in [3.8, 4) is 40.1 Å². The molecule has 2 saturated heterocycles. The minimum Gasteiger partial charge on any atom is -0.508 e. The lowest BCUT2D eigenvalue weighted by Gasteiger charge is -2.39. The highest BCUT2D eigenvalue weighted by molar-refractivity contribution is 5.91. The highest BCUT2D eigenvalue weighted by Gasteiger charge is 2.45. The molecule has 0 aliphatic carbocycles. The average Bonchev–Trinajstić information content (AvgIpc) is 2.98. The van der Waals surface area contributed by atoms with Gasteiger partial charge < -0.3 is 69.0 Å². The van der Waals surface area contributed by atoms with Gasteiger partial charge in [-0.05, 0) is 38.1 Å². The maximum absolute atomic E-state index is 13.9. The van der Waals surface area contributed by atoms with Gasteiger partial charge in [-0.25, -0.2) is 0 Å². The molecule has 43 heavy (non-hydrogen) atoms. The van der Waals surface area contributed by atoms with Crippen LogP contribution in [0.2, 0.25) is 0 Å². The van der Waals surface area contributed by atoms with E-state index in [1.54, 1.807) is 0 Å². The monoisotopic (exact) mass is 608 g/mol. The minimum atomic E-state index is -1.79. The highest BCUT2D eigenvalue weighted by atomic mass is 16.7. The summed E-state index contributed by atoms with van der Waals surface area (Å²) in [5, 5.41) is 81.9. The summed E-state index contributed by atoms with van der Waals surface area (Å²) in [4.78, 5) is 13.9. The van der Waals surface area contributed by atoms with Crippen molar-refractivity contribution in [2.24, 2.45) is 0 Å². The van der Waals surface area contributed by atoms with E-state index in [1.165, 1.54) is 38.1 Å². The van der Waals surface area contributed by atoms with Gasteiger partial charge in [-0.2, -0.15) is 0 Å². The fraction of sp³-hybridized carbons (Fsp3) is 0.464. The summed E-state index contributed by atoms with van der Waals surface area (Å²) < 4.78 is 33.7. The van der Waals surface area contributed by atoms with E-state index in [4.69, 9.17) is 28.1 Å². The van der Waals surface area contributed by atoms with Crippen LogP contribution >= 0.6 is 0 Å². The van der Waals surface area contributed by atoms with Crippen LogP contribution in [0.1, 0.15) is 13.8 Å². The van der Waals surface area contributed by atoms with Gasteiger partial charge >= 0.3 is 0 Å². The van der Waals surface area contributed by atoms with E-state index < -0.39 is 83.7 Å². The summed E-state index contributed by atoms with van der Waals surface area (Å²) in [7, 11) is 1.16. The molecule has 2 fully saturated rings. The van der Waals surface area contributed by atoms with E-state index in [0.717, 1.165) is 13.2 Å². The summed E-state index contributed by atoms with van der Waals surface area (Å²) >= 11 is 0. The van der Waals surface area contributed by atoms with Gasteiger partial charge in [0.15, 0.2) is 17.3 Å². The predicted octanol–water partition coefficient (Wildman–Crippen LogP) is -0.708. The van der Waals surface area contributed by atoms with Crippen molar-refractivity contribution >= 4 is 11.0 Å². The Morgan fingerprint density at radius 2 is 1.26 bits per heavy atom. The molecule has 3 aromatic rings. The van der Waals surface area contributed by atoms with Crippen molar-refractivity contribution < 1.29 is 69.0 Å². The number of aliphatic hydroxyl groups excluding tert-OH is 6. The molecule has 0 saturated carbocycles. The van der Waals surface area contributed by atoms with Gasteiger partial charge in [-0.1, -0.05) is 0 Å². The van der Waals surface area contributed by atoms with Crippen LogP contribution in [0, 0.1) is 0 Å². The number of rotatable bonds is 6. The molecular weight excluding hydrogens is 576 g/mol. The molecule has 0 bridgehead atoms. The molecule has 3 heterocycles. The standard InChI is InChI=1S/C28H32O15/c1-9-16(30)20(34)22(36)27(39-9)42-14-8-13-15(18(32)25(14)38-3)19(33)26(24(41-13)11-4-6-12(29)7-5-11)43-28-23(37)21(35)17(31)10(2)40-28/h4-10,16-17,20-23,27-32,34-37H,1-3H3. The van der Waals surface area contributed by atoms with Gasteiger partial charge in [0.05, 0.1) is 19.3 Å². The van der Waals surface area contributed by atoms with Crippen molar-refractivity contribution in [1.29, 1.82) is 0 Å². The SMILES string of the molecule is COc1c(OC2OC(C)C(O)C(O)C2O)cc2oc(-c3ccc(O)cc3)c(OC3OC(C)C(O)C(O)C3O)c(=O)c2c1O. The molecule has 2 aliphatic rings. The molecular formula is C28H32O15. The lowest BCUT2D eigenvalue weighted by Crippen LogP contribution is -2.58. The largest absolute Gasteiger partial charge is 0.508 e. The van der Waals surface area contributed by atoms with Crippen molar-refractivity contribution in [1.82, 2.24) is 0 Å². The van der Waals surface area contributed by atoms with Crippen molar-refractivity contribution in [2.45, 2.75) is 75.3 Å². The third-order valence-corrected chi connectivity index (χ3v) is 7.46. The van der Waals surface area contributed by atoms with E-state index in [1.807, 2.05) is 0 Å². The lowest BCUT2D eigenvalue weighted by atomic mass is 10.00. The van der Waals surface area contributed by atoms with Gasteiger partial charge in [-0.3, -0.25) is 4.79 Å². The third kappa shape index (κ3) is 5.45. The Bertz CT molecular complexity index is 1520. The normalized spacial score (nSPS) is 32.9. The molecule has 2 aliphatic heterocycles. The Morgan fingerprint density at radius 1 is 0.721 bits per heavy atom. The molecule has 15 heteroatoms. The van der Waals surface area contributed by atoms with Crippen LogP contribution in [-0.4, -0.2) is 109 Å². The summed E-state index contributed by atoms with van der Waals surface area (Å²) in [6.07, 6.45) is -14.7. The van der Waals surface area contributed by atoms with Gasteiger partial charge in [0.25, 0.3) is 0 Å². The Hall–Kier alpha value is -3.67. The van der Waals surface area contributed by atoms with Gasteiger partial charge in [0.2, 0.25) is 29.5 Å². The van der Waals surface area contributed by atoms with E-state index in [9.17, 15) is 45.6 Å². The Morgan fingerprint density at radius 3 is 1.79 bits per heavy atom. The summed E-state index contributed by atoms with van der Waals surface area (Å²) in [5.74, 6) is -2.30. The molecule has 1 aromatic heterocycles. The van der Waals surface area contributed by atoms with Crippen molar-refractivity contribution in [3.05, 3.63) is 40.6 Å². The van der Waals surface area contributed by atoms with Gasteiger partial charge in [0, 0.05) is 11.6 Å². The second-order valence-corrected chi connectivity index (χ2v) is 10.4. The topological polar surface area (TPSA) is 238 Å². The molecule has 15 nitrogen and oxygen atoms in total. The number of hydrogen-bond donors (Lipinski definition) is 8. The van der Waals surface area contributed by atoms with Crippen LogP contribution < -0.4 is 19.6 Å². The van der Waals surface area contributed by atoms with Crippen molar-refractivity contribution in [2.75, 3.05) is 7.11 Å². The maximum atomic E-state index is 13.9. The predicted molar refractivity (Wildman–Crippen MR) is 144 cm³/mol. The van der Waals surface area contributed by atoms with Gasteiger partial charge in [-0.15, -0.1) is 0 Å². The Kier molecular flexibility index (Phi) is 8.43. The van der Waals surface area contributed by atoms with Crippen LogP contribution in [0.3, 0.4) is 0 Å². The van der Waals surface area contributed by atoms with E-state index in [2.05, 4.69) is 0 Å². The number of phenols is 2. The number of hydrogen-bond acceptors (Lipinski definition) is 15. The third-order valence-electron chi connectivity index (χ3n) is 7.46. The lowest BCUT2D eigenvalue weighted by molar-refractivity contribution is -0.268. The first-order valence-corrected chi connectivity index (χ1v) is 13.3. The molecule has 234 valence electrons. The zero-order chi connectivity index (χ0) is 31.3. The molecule has 0 radical (unpaired) electrons. The number of aliphatic hydroxyl groups is 6. The number of fused-ring (bicyclic) bond motifs is 1. The molecule has 5 rings (SSSR count). The second-order valence-electron chi connectivity index (χ2n) is 10.4. The van der Waals surface area contributed by atoms with Gasteiger partial charge in [0.1, 0.15) is 53.3 Å². The highest BCUT2D eigenvalue weighted by Crippen LogP contribution is 2.45. The van der Waals surface area contributed by atoms with Crippen LogP contribution in [0.4, 0.5) is 0 Å². The first-order valence-electron chi connectivity index (χ1n) is 13.3. The second kappa shape index (κ2) is 11.8. The first kappa shape index (κ1) is 30.8. The average molecular weight is 609 g/mol. The number of aromatic hydroxyl groups is 2. The molecule has 2 aromatic carbocycles. The quantitative estimate of drug-likeness (QED) is 0.173. The van der Waals surface area contributed by atoms with Crippen molar-refractivity contribution in [3.63, 3.8) is 0 Å². The van der Waals surface area contributed by atoms with Crippen LogP contribution in [0.15, 0.2) is 39.5 Å². The molecule has 0 amide bonds. The van der Waals surface area contributed by atoms with Crippen LogP contribution in [-0.2, 0) is 9.47 Å². The van der Waals surface area contributed by atoms with E-state index in [0.29, 0.717) is 0 Å². The molecule has 8 N–H and O–H groups in total. The molecule has 0 spiro atoms. The number of methoxy groups -OCH3 is 1. The molecule has 10 unspecified atom stereocenters. The molecule has 10 atom stereocenters. The number of benzene rings is 2. The van der Waals surface area contributed by atoms with Crippen LogP contribution in [0.5, 0.6) is 28.7 Å². The summed E-state index contributed by atoms with van der Waals surface area (Å²) in [5.41, 5.74) is -1.01. The Balaban J connectivity index is 1.65. The van der Waals surface area contributed by atoms with E-state index >= 15 is 0 Å². The van der Waals surface area contributed by atoms with Crippen LogP contribution in [0.25, 0.3) is 22.3 Å². The zero-order valence-electron chi connectivity index (χ0n) is 23.1. The summed E-state index contributed by atoms with van der Waals surface area (Å²) in [6, 6.07) is 6.56.